The molecule has 1 aliphatic carbocycles. The van der Waals surface area contributed by atoms with Crippen molar-refractivity contribution in [2.75, 3.05) is 38.8 Å². The molecule has 6 nitrogen and oxygen atoms in total. The van der Waals surface area contributed by atoms with Gasteiger partial charge in [0.15, 0.2) is 0 Å². The Bertz CT molecular complexity index is 914. The van der Waals surface area contributed by atoms with Gasteiger partial charge in [-0.2, -0.15) is 0 Å². The maximum atomic E-state index is 13.6. The first kappa shape index (κ1) is 17.9. The standard InChI is InChI=1S/C23H28N2O4/c1-4-13-11-24-8-7-23-17-9-14(27-2)5-6-18(17)25-20(23)16(15(13)10-19(23)24)12-29-22(28-3)21(25)26/h4-6,9,15-16,19-20,22H,7-8,10-12H2,1-3H3. The van der Waals surface area contributed by atoms with Gasteiger partial charge < -0.3 is 19.1 Å². The summed E-state index contributed by atoms with van der Waals surface area (Å²) in [6.45, 7) is 4.83. The van der Waals surface area contributed by atoms with Crippen LogP contribution < -0.4 is 9.64 Å². The number of benzene rings is 1. The normalized spacial score (nSPS) is 41.3. The van der Waals surface area contributed by atoms with E-state index in [1.54, 1.807) is 14.2 Å². The van der Waals surface area contributed by atoms with Gasteiger partial charge in [0.05, 0.1) is 19.8 Å². The molecule has 3 saturated heterocycles. The van der Waals surface area contributed by atoms with E-state index in [1.165, 1.54) is 11.1 Å². The van der Waals surface area contributed by atoms with Crippen LogP contribution in [0.25, 0.3) is 0 Å². The number of hydrogen-bond acceptors (Lipinski definition) is 5. The third-order valence-corrected chi connectivity index (χ3v) is 8.34. The lowest BCUT2D eigenvalue weighted by atomic mass is 9.55. The SMILES string of the molecule is CC=C1CN2CCC34c5cc(OC)ccc5N5C(=O)C(OC)OCC(C1CC23)C54. The lowest BCUT2D eigenvalue weighted by Gasteiger charge is -2.55. The second kappa shape index (κ2) is 6.06. The molecule has 1 saturated carbocycles. The van der Waals surface area contributed by atoms with Crippen molar-refractivity contribution < 1.29 is 19.0 Å². The largest absolute Gasteiger partial charge is 0.497 e. The van der Waals surface area contributed by atoms with Crippen LogP contribution in [0.5, 0.6) is 5.75 Å². The molecule has 6 heteroatoms. The summed E-state index contributed by atoms with van der Waals surface area (Å²) in [5, 5.41) is 0. The van der Waals surface area contributed by atoms with Crippen LogP contribution in [0.15, 0.2) is 29.8 Å². The fourth-order valence-corrected chi connectivity index (χ4v) is 7.26. The van der Waals surface area contributed by atoms with Gasteiger partial charge in [0.25, 0.3) is 5.91 Å². The van der Waals surface area contributed by atoms with Crippen molar-refractivity contribution in [3.05, 3.63) is 35.4 Å². The molecule has 154 valence electrons. The first-order valence-corrected chi connectivity index (χ1v) is 10.7. The van der Waals surface area contributed by atoms with Gasteiger partial charge in [0.2, 0.25) is 6.29 Å². The van der Waals surface area contributed by atoms with Crippen LogP contribution >= 0.6 is 0 Å². The molecule has 4 fully saturated rings. The van der Waals surface area contributed by atoms with Gasteiger partial charge in [0, 0.05) is 36.7 Å². The molecule has 0 aromatic heterocycles. The molecule has 4 heterocycles. The third kappa shape index (κ3) is 2.05. The van der Waals surface area contributed by atoms with E-state index in [1.807, 2.05) is 11.0 Å². The highest BCUT2D eigenvalue weighted by Crippen LogP contribution is 2.64. The summed E-state index contributed by atoms with van der Waals surface area (Å²) >= 11 is 0. The average molecular weight is 396 g/mol. The molecule has 1 aromatic rings. The van der Waals surface area contributed by atoms with Gasteiger partial charge in [-0.3, -0.25) is 9.69 Å². The van der Waals surface area contributed by atoms with Crippen LogP contribution in [0.3, 0.4) is 0 Å². The lowest BCUT2D eigenvalue weighted by Crippen LogP contribution is -2.65. The van der Waals surface area contributed by atoms with E-state index in [-0.39, 0.29) is 23.3 Å². The number of allylic oxidation sites excluding steroid dienone is 1. The lowest BCUT2D eigenvalue weighted by molar-refractivity contribution is -0.162. The summed E-state index contributed by atoms with van der Waals surface area (Å²) in [6, 6.07) is 6.80. The molecule has 0 radical (unpaired) electrons. The Kier molecular flexibility index (Phi) is 3.75. The van der Waals surface area contributed by atoms with E-state index in [0.717, 1.165) is 37.4 Å². The molecule has 6 rings (SSSR count). The summed E-state index contributed by atoms with van der Waals surface area (Å²) in [4.78, 5) is 18.3. The summed E-state index contributed by atoms with van der Waals surface area (Å²) in [5.74, 6) is 1.54. The predicted molar refractivity (Wildman–Crippen MR) is 108 cm³/mol. The smallest absolute Gasteiger partial charge is 0.284 e. The highest BCUT2D eigenvalue weighted by Gasteiger charge is 2.69. The second-order valence-electron chi connectivity index (χ2n) is 9.08. The fraction of sp³-hybridized carbons (Fsp3) is 0.609. The van der Waals surface area contributed by atoms with Gasteiger partial charge in [-0.1, -0.05) is 11.6 Å². The Morgan fingerprint density at radius 1 is 1.31 bits per heavy atom. The van der Waals surface area contributed by atoms with Crippen LogP contribution in [-0.2, 0) is 19.7 Å². The van der Waals surface area contributed by atoms with E-state index in [9.17, 15) is 4.79 Å². The zero-order valence-electron chi connectivity index (χ0n) is 17.3. The van der Waals surface area contributed by atoms with E-state index in [4.69, 9.17) is 14.2 Å². The Morgan fingerprint density at radius 3 is 2.93 bits per heavy atom. The molecular formula is C23H28N2O4. The van der Waals surface area contributed by atoms with Crippen molar-refractivity contribution >= 4 is 11.6 Å². The Labute approximate surface area is 171 Å². The molecule has 4 aliphatic heterocycles. The van der Waals surface area contributed by atoms with Crippen molar-refractivity contribution in [1.29, 1.82) is 0 Å². The second-order valence-corrected chi connectivity index (χ2v) is 9.08. The number of carbonyl (C=O) groups excluding carboxylic acids is 1. The number of ether oxygens (including phenoxy) is 3. The molecule has 0 N–H and O–H groups in total. The minimum absolute atomic E-state index is 0.0496. The zero-order valence-corrected chi connectivity index (χ0v) is 17.3. The van der Waals surface area contributed by atoms with Crippen molar-refractivity contribution in [1.82, 2.24) is 4.90 Å². The molecule has 29 heavy (non-hydrogen) atoms. The van der Waals surface area contributed by atoms with Crippen molar-refractivity contribution in [2.45, 2.75) is 43.6 Å². The third-order valence-electron chi connectivity index (χ3n) is 8.34. The maximum absolute atomic E-state index is 13.6. The highest BCUT2D eigenvalue weighted by molar-refractivity contribution is 6.00. The van der Waals surface area contributed by atoms with Crippen LogP contribution in [0.4, 0.5) is 5.69 Å². The first-order valence-electron chi connectivity index (χ1n) is 10.7. The molecular weight excluding hydrogens is 368 g/mol. The highest BCUT2D eigenvalue weighted by atomic mass is 16.7. The summed E-state index contributed by atoms with van der Waals surface area (Å²) in [7, 11) is 3.28. The number of nitrogens with zero attached hydrogens (tertiary/aromatic N) is 2. The zero-order chi connectivity index (χ0) is 19.9. The van der Waals surface area contributed by atoms with Gasteiger partial charge in [-0.05, 0) is 56.0 Å². The maximum Gasteiger partial charge on any atom is 0.284 e. The molecule has 1 aromatic carbocycles. The average Bonchev–Trinajstić information content (AvgIpc) is 3.23. The van der Waals surface area contributed by atoms with Gasteiger partial charge >= 0.3 is 0 Å². The van der Waals surface area contributed by atoms with E-state index < -0.39 is 6.29 Å². The fourth-order valence-electron chi connectivity index (χ4n) is 7.26. The number of rotatable bonds is 2. The number of fused-ring (bicyclic) bond motifs is 4. The van der Waals surface area contributed by atoms with Crippen LogP contribution in [0, 0.1) is 11.8 Å². The first-order chi connectivity index (χ1) is 14.1. The molecule has 1 amide bonds. The molecule has 2 bridgehead atoms. The summed E-state index contributed by atoms with van der Waals surface area (Å²) in [6.07, 6.45) is 3.67. The van der Waals surface area contributed by atoms with Crippen LogP contribution in [0.2, 0.25) is 0 Å². The van der Waals surface area contributed by atoms with Crippen LogP contribution in [-0.4, -0.2) is 63.1 Å². The van der Waals surface area contributed by atoms with Crippen LogP contribution in [0.1, 0.15) is 25.3 Å². The number of carbonyl (C=O) groups is 1. The van der Waals surface area contributed by atoms with Crippen molar-refractivity contribution in [3.8, 4) is 5.75 Å². The molecule has 6 atom stereocenters. The van der Waals surface area contributed by atoms with Crippen molar-refractivity contribution in [3.63, 3.8) is 0 Å². The number of amides is 1. The monoisotopic (exact) mass is 396 g/mol. The summed E-state index contributed by atoms with van der Waals surface area (Å²) in [5.41, 5.74) is 3.76. The number of hydrogen-bond donors (Lipinski definition) is 0. The van der Waals surface area contributed by atoms with E-state index in [2.05, 4.69) is 30.0 Å². The van der Waals surface area contributed by atoms with Gasteiger partial charge in [-0.15, -0.1) is 0 Å². The van der Waals surface area contributed by atoms with E-state index >= 15 is 0 Å². The van der Waals surface area contributed by atoms with E-state index in [0.29, 0.717) is 18.6 Å². The number of anilines is 1. The minimum atomic E-state index is -0.836. The minimum Gasteiger partial charge on any atom is -0.497 e. The summed E-state index contributed by atoms with van der Waals surface area (Å²) < 4.78 is 17.1. The van der Waals surface area contributed by atoms with Crippen molar-refractivity contribution in [2.24, 2.45) is 11.8 Å². The molecule has 5 aliphatic rings. The Hall–Kier alpha value is -1.89. The number of piperidine rings is 1. The quantitative estimate of drug-likeness (QED) is 0.718. The molecule has 1 spiro atoms. The molecule has 6 unspecified atom stereocenters. The Balaban J connectivity index is 1.61. The predicted octanol–water partition coefficient (Wildman–Crippen LogP) is 2.32. The Morgan fingerprint density at radius 2 is 2.17 bits per heavy atom. The number of methoxy groups -OCH3 is 2. The van der Waals surface area contributed by atoms with Gasteiger partial charge in [0.1, 0.15) is 5.75 Å². The van der Waals surface area contributed by atoms with Gasteiger partial charge in [-0.25, -0.2) is 0 Å². The topological polar surface area (TPSA) is 51.2 Å².